The molecule has 5 heteroatoms. The minimum Gasteiger partial charge on any atom is -0.401 e. The first-order chi connectivity index (χ1) is 6.06. The number of nitrogens with zero attached hydrogens (tertiary/aromatic N) is 1. The number of amides is 2. The van der Waals surface area contributed by atoms with Gasteiger partial charge in [-0.05, 0) is 6.92 Å². The van der Waals surface area contributed by atoms with E-state index in [2.05, 4.69) is 5.32 Å². The fraction of sp³-hybridized carbons (Fsp3) is 0.375. The van der Waals surface area contributed by atoms with E-state index in [1.807, 2.05) is 6.07 Å². The maximum Gasteiger partial charge on any atom is 0.235 e. The van der Waals surface area contributed by atoms with E-state index >= 15 is 0 Å². The molecule has 1 fully saturated rings. The van der Waals surface area contributed by atoms with Gasteiger partial charge < -0.3 is 5.73 Å². The number of carbonyl (C=O) groups excluding carboxylic acids is 2. The average molecular weight is 179 g/mol. The SMILES string of the molecule is C/C(N)=C(\C#N)C1CC(=O)NC1=O. The summed E-state index contributed by atoms with van der Waals surface area (Å²) in [6, 6.07) is 1.84. The van der Waals surface area contributed by atoms with Crippen LogP contribution < -0.4 is 11.1 Å². The minimum atomic E-state index is -0.692. The number of hydrogen-bond acceptors (Lipinski definition) is 4. The molecule has 0 aliphatic carbocycles. The lowest BCUT2D eigenvalue weighted by Crippen LogP contribution is -2.23. The molecule has 5 nitrogen and oxygen atoms in total. The highest BCUT2D eigenvalue weighted by Gasteiger charge is 2.34. The molecule has 0 radical (unpaired) electrons. The summed E-state index contributed by atoms with van der Waals surface area (Å²) in [5, 5.41) is 10.8. The van der Waals surface area contributed by atoms with E-state index in [9.17, 15) is 9.59 Å². The molecule has 0 saturated carbocycles. The van der Waals surface area contributed by atoms with Crippen LogP contribution in [0, 0.1) is 17.2 Å². The van der Waals surface area contributed by atoms with Gasteiger partial charge >= 0.3 is 0 Å². The molecule has 0 spiro atoms. The molecule has 0 aromatic rings. The molecule has 0 aromatic heterocycles. The standard InChI is InChI=1S/C8H9N3O2/c1-4(10)6(3-9)5-2-7(12)11-8(5)13/h5H,2,10H2,1H3,(H,11,12,13)/b6-4-. The van der Waals surface area contributed by atoms with Crippen molar-refractivity contribution in [2.45, 2.75) is 13.3 Å². The summed E-state index contributed by atoms with van der Waals surface area (Å²) in [7, 11) is 0. The van der Waals surface area contributed by atoms with Gasteiger partial charge in [-0.2, -0.15) is 5.26 Å². The van der Waals surface area contributed by atoms with Gasteiger partial charge in [0.1, 0.15) is 0 Å². The Kier molecular flexibility index (Phi) is 2.33. The van der Waals surface area contributed by atoms with Crippen LogP contribution in [0.3, 0.4) is 0 Å². The third kappa shape index (κ3) is 1.67. The van der Waals surface area contributed by atoms with E-state index in [1.165, 1.54) is 6.92 Å². The molecule has 1 heterocycles. The van der Waals surface area contributed by atoms with Crippen molar-refractivity contribution < 1.29 is 9.59 Å². The van der Waals surface area contributed by atoms with Gasteiger partial charge in [0, 0.05) is 12.1 Å². The highest BCUT2D eigenvalue weighted by atomic mass is 16.2. The van der Waals surface area contributed by atoms with Crippen LogP contribution in [0.1, 0.15) is 13.3 Å². The zero-order valence-corrected chi connectivity index (χ0v) is 7.13. The van der Waals surface area contributed by atoms with E-state index in [-0.39, 0.29) is 23.6 Å². The molecule has 2 amide bonds. The molecule has 1 rings (SSSR count). The van der Waals surface area contributed by atoms with Gasteiger partial charge in [-0.25, -0.2) is 0 Å². The van der Waals surface area contributed by atoms with Crippen LogP contribution in [0.4, 0.5) is 0 Å². The van der Waals surface area contributed by atoms with Gasteiger partial charge in [0.25, 0.3) is 0 Å². The molecule has 1 unspecified atom stereocenters. The third-order valence-electron chi connectivity index (χ3n) is 1.86. The molecule has 1 atom stereocenters. The van der Waals surface area contributed by atoms with Crippen molar-refractivity contribution in [2.75, 3.05) is 0 Å². The summed E-state index contributed by atoms with van der Waals surface area (Å²) >= 11 is 0. The molecule has 1 aliphatic heterocycles. The van der Waals surface area contributed by atoms with Gasteiger partial charge in [-0.1, -0.05) is 0 Å². The summed E-state index contributed by atoms with van der Waals surface area (Å²) in [5.74, 6) is -1.49. The summed E-state index contributed by atoms with van der Waals surface area (Å²) < 4.78 is 0. The summed E-state index contributed by atoms with van der Waals surface area (Å²) in [6.07, 6.45) is 0.0241. The molecular formula is C8H9N3O2. The van der Waals surface area contributed by atoms with Crippen molar-refractivity contribution in [2.24, 2.45) is 11.7 Å². The summed E-state index contributed by atoms with van der Waals surface area (Å²) in [6.45, 7) is 1.54. The Morgan fingerprint density at radius 3 is 2.62 bits per heavy atom. The Hall–Kier alpha value is -1.83. The van der Waals surface area contributed by atoms with E-state index in [4.69, 9.17) is 11.0 Å². The smallest absolute Gasteiger partial charge is 0.235 e. The van der Waals surface area contributed by atoms with E-state index in [0.29, 0.717) is 0 Å². The molecule has 1 aliphatic rings. The van der Waals surface area contributed by atoms with Crippen molar-refractivity contribution in [3.63, 3.8) is 0 Å². The first-order valence-electron chi connectivity index (χ1n) is 3.76. The largest absolute Gasteiger partial charge is 0.401 e. The maximum absolute atomic E-state index is 11.1. The molecule has 0 bridgehead atoms. The Labute approximate surface area is 75.2 Å². The second-order valence-electron chi connectivity index (χ2n) is 2.88. The van der Waals surface area contributed by atoms with Crippen LogP contribution in [0.5, 0.6) is 0 Å². The van der Waals surface area contributed by atoms with Crippen molar-refractivity contribution in [1.82, 2.24) is 5.32 Å². The molecule has 13 heavy (non-hydrogen) atoms. The van der Waals surface area contributed by atoms with Crippen molar-refractivity contribution in [1.29, 1.82) is 5.26 Å². The van der Waals surface area contributed by atoms with Gasteiger partial charge in [0.05, 0.1) is 17.6 Å². The highest BCUT2D eigenvalue weighted by Crippen LogP contribution is 2.20. The Balaban J connectivity index is 2.97. The van der Waals surface area contributed by atoms with E-state index < -0.39 is 11.8 Å². The number of carbonyl (C=O) groups is 2. The van der Waals surface area contributed by atoms with Crippen LogP contribution in [0.15, 0.2) is 11.3 Å². The van der Waals surface area contributed by atoms with Crippen molar-refractivity contribution in [3.05, 3.63) is 11.3 Å². The number of allylic oxidation sites excluding steroid dienone is 1. The van der Waals surface area contributed by atoms with Crippen molar-refractivity contribution >= 4 is 11.8 Å². The number of nitriles is 1. The van der Waals surface area contributed by atoms with E-state index in [1.54, 1.807) is 0 Å². The van der Waals surface area contributed by atoms with Gasteiger partial charge in [0.2, 0.25) is 11.8 Å². The fourth-order valence-electron chi connectivity index (χ4n) is 1.23. The van der Waals surface area contributed by atoms with Crippen LogP contribution in [0.25, 0.3) is 0 Å². The number of nitrogens with two attached hydrogens (primary N) is 1. The summed E-state index contributed by atoms with van der Waals surface area (Å²) in [4.78, 5) is 21.9. The molecule has 1 saturated heterocycles. The highest BCUT2D eigenvalue weighted by molar-refractivity contribution is 6.05. The minimum absolute atomic E-state index is 0.0241. The second kappa shape index (κ2) is 3.27. The van der Waals surface area contributed by atoms with Crippen LogP contribution in [0.2, 0.25) is 0 Å². The molecule has 0 aromatic carbocycles. The third-order valence-corrected chi connectivity index (χ3v) is 1.86. The van der Waals surface area contributed by atoms with E-state index in [0.717, 1.165) is 0 Å². The summed E-state index contributed by atoms with van der Waals surface area (Å²) in [5.41, 5.74) is 5.87. The number of hydrogen-bond donors (Lipinski definition) is 2. The Morgan fingerprint density at radius 2 is 2.31 bits per heavy atom. The first-order valence-corrected chi connectivity index (χ1v) is 3.76. The zero-order chi connectivity index (χ0) is 10.0. The lowest BCUT2D eigenvalue weighted by Gasteiger charge is -2.04. The topological polar surface area (TPSA) is 96.0 Å². The quantitative estimate of drug-likeness (QED) is 0.415. The number of nitrogens with one attached hydrogen (secondary N) is 1. The molecule has 3 N–H and O–H groups in total. The second-order valence-corrected chi connectivity index (χ2v) is 2.88. The normalized spacial score (nSPS) is 23.5. The monoisotopic (exact) mass is 179 g/mol. The lowest BCUT2D eigenvalue weighted by molar-refractivity contribution is -0.125. The zero-order valence-electron chi connectivity index (χ0n) is 7.13. The van der Waals surface area contributed by atoms with Gasteiger partial charge in [-0.15, -0.1) is 0 Å². The predicted molar refractivity (Wildman–Crippen MR) is 43.8 cm³/mol. The fourth-order valence-corrected chi connectivity index (χ4v) is 1.23. The lowest BCUT2D eigenvalue weighted by atomic mass is 9.97. The van der Waals surface area contributed by atoms with Gasteiger partial charge in [-0.3, -0.25) is 14.9 Å². The maximum atomic E-state index is 11.1. The van der Waals surface area contributed by atoms with Crippen LogP contribution >= 0.6 is 0 Å². The predicted octanol–water partition coefficient (Wildman–Crippen LogP) is -0.595. The first kappa shape index (κ1) is 9.26. The van der Waals surface area contributed by atoms with Gasteiger partial charge in [0.15, 0.2) is 0 Å². The van der Waals surface area contributed by atoms with Crippen LogP contribution in [-0.2, 0) is 9.59 Å². The Bertz CT molecular complexity index is 334. The average Bonchev–Trinajstić information content (AvgIpc) is 2.31. The Morgan fingerprint density at radius 1 is 1.69 bits per heavy atom. The molecule has 68 valence electrons. The number of rotatable bonds is 1. The van der Waals surface area contributed by atoms with Crippen LogP contribution in [-0.4, -0.2) is 11.8 Å². The van der Waals surface area contributed by atoms with Crippen molar-refractivity contribution in [3.8, 4) is 6.07 Å². The number of imide groups is 1. The molecular weight excluding hydrogens is 170 g/mol.